The monoisotopic (exact) mass is 738 g/mol. The van der Waals surface area contributed by atoms with Gasteiger partial charge < -0.3 is 0 Å². The third-order valence-electron chi connectivity index (χ3n) is 14.3. The molecule has 0 N–H and O–H groups in total. The summed E-state index contributed by atoms with van der Waals surface area (Å²) in [5, 5.41) is 5.55. The summed E-state index contributed by atoms with van der Waals surface area (Å²) in [7, 11) is 0. The second kappa shape index (κ2) is 12.5. The van der Waals surface area contributed by atoms with E-state index >= 15 is 0 Å². The molecule has 0 saturated heterocycles. The summed E-state index contributed by atoms with van der Waals surface area (Å²) in [4.78, 5) is 0. The molecule has 0 spiro atoms. The van der Waals surface area contributed by atoms with E-state index in [4.69, 9.17) is 0 Å². The van der Waals surface area contributed by atoms with Gasteiger partial charge in [0.25, 0.3) is 0 Å². The van der Waals surface area contributed by atoms with Crippen molar-refractivity contribution in [1.29, 1.82) is 0 Å². The molecule has 0 radical (unpaired) electrons. The van der Waals surface area contributed by atoms with E-state index < -0.39 is 0 Å². The molecule has 0 heterocycles. The summed E-state index contributed by atoms with van der Waals surface area (Å²) < 4.78 is 0. The third-order valence-corrected chi connectivity index (χ3v) is 14.3. The predicted molar refractivity (Wildman–Crippen MR) is 246 cm³/mol. The maximum atomic E-state index is 2.64. The number of hydrogen-bond donors (Lipinski definition) is 0. The highest BCUT2D eigenvalue weighted by atomic mass is 14.5. The maximum absolute atomic E-state index is 2.64. The summed E-state index contributed by atoms with van der Waals surface area (Å²) >= 11 is 0. The van der Waals surface area contributed by atoms with Crippen molar-refractivity contribution in [1.82, 2.24) is 0 Å². The molecule has 274 valence electrons. The molecule has 0 heteroatoms. The highest BCUT2D eigenvalue weighted by Gasteiger charge is 2.45. The van der Waals surface area contributed by atoms with Gasteiger partial charge in [0, 0.05) is 17.8 Å². The summed E-state index contributed by atoms with van der Waals surface area (Å²) in [5.41, 5.74) is 24.2. The van der Waals surface area contributed by atoms with Gasteiger partial charge in [0.2, 0.25) is 0 Å². The lowest BCUT2D eigenvalue weighted by Gasteiger charge is -2.34. The van der Waals surface area contributed by atoms with Crippen molar-refractivity contribution in [3.63, 3.8) is 0 Å². The first kappa shape index (κ1) is 32.6. The molecule has 0 amide bonds. The zero-order valence-electron chi connectivity index (χ0n) is 32.5. The topological polar surface area (TPSA) is 0 Å². The number of allylic oxidation sites excluding steroid dienone is 18. The Morgan fingerprint density at radius 2 is 1.28 bits per heavy atom. The van der Waals surface area contributed by atoms with E-state index in [0.717, 1.165) is 32.1 Å². The summed E-state index contributed by atoms with van der Waals surface area (Å²) in [6.45, 7) is 0. The average molecular weight is 739 g/mol. The van der Waals surface area contributed by atoms with Crippen molar-refractivity contribution < 1.29 is 0 Å². The van der Waals surface area contributed by atoms with Crippen LogP contribution in [0.4, 0.5) is 0 Å². The van der Waals surface area contributed by atoms with Crippen molar-refractivity contribution in [3.05, 3.63) is 221 Å². The Kier molecular flexibility index (Phi) is 7.02. The molecule has 0 aromatic heterocycles. The molecule has 13 rings (SSSR count). The van der Waals surface area contributed by atoms with Crippen LogP contribution in [0, 0.1) is 17.8 Å². The molecule has 0 fully saturated rings. The van der Waals surface area contributed by atoms with Crippen LogP contribution >= 0.6 is 0 Å². The van der Waals surface area contributed by atoms with Gasteiger partial charge in [-0.05, 0) is 160 Å². The van der Waals surface area contributed by atoms with Crippen LogP contribution in [-0.4, -0.2) is 0 Å². The van der Waals surface area contributed by atoms with Crippen molar-refractivity contribution in [3.8, 4) is 22.3 Å². The molecule has 58 heavy (non-hydrogen) atoms. The van der Waals surface area contributed by atoms with Crippen LogP contribution in [0.5, 0.6) is 0 Å². The Morgan fingerprint density at radius 3 is 2.05 bits per heavy atom. The van der Waals surface area contributed by atoms with Crippen LogP contribution in [-0.2, 0) is 0 Å². The summed E-state index contributed by atoms with van der Waals surface area (Å²) in [6, 6.07) is 43.7. The van der Waals surface area contributed by atoms with Gasteiger partial charge in [-0.15, -0.1) is 0 Å². The van der Waals surface area contributed by atoms with Crippen LogP contribution in [0.2, 0.25) is 0 Å². The van der Waals surface area contributed by atoms with E-state index in [2.05, 4.69) is 176 Å². The minimum Gasteiger partial charge on any atom is -0.0839 e. The standard InChI is InChI=1S/C58H42/c1-5-17-35(18-6-1)45-32-47-42-28-16-29-43-54(42)49(48(47)33-46(45)36-19-7-2-8-20-36)34-51-52(37-21-9-3-10-22-37)57-44-30-15-27-41-40-26-14-13-25-39(40)31-50(55(41)44)58(57)53(56(43)51)38-23-11-4-12-24-38/h1,3-7,9-12,14-24,26-32,34,41,46,55H,2,8,13,25,33H2. The number of benzene rings is 6. The van der Waals surface area contributed by atoms with E-state index in [1.54, 1.807) is 0 Å². The summed E-state index contributed by atoms with van der Waals surface area (Å²) in [6.07, 6.45) is 30.1. The molecule has 0 nitrogen and oxygen atoms in total. The van der Waals surface area contributed by atoms with Gasteiger partial charge in [0.15, 0.2) is 0 Å². The van der Waals surface area contributed by atoms with E-state index in [1.165, 1.54) is 116 Å². The third kappa shape index (κ3) is 4.52. The van der Waals surface area contributed by atoms with E-state index in [0.29, 0.717) is 17.8 Å². The van der Waals surface area contributed by atoms with Crippen molar-refractivity contribution >= 4 is 49.4 Å². The molecular formula is C58H42. The number of hydrogen-bond acceptors (Lipinski definition) is 0. The summed E-state index contributed by atoms with van der Waals surface area (Å²) in [5.74, 6) is 0.974. The van der Waals surface area contributed by atoms with Gasteiger partial charge in [-0.2, -0.15) is 0 Å². The van der Waals surface area contributed by atoms with Crippen LogP contribution in [0.1, 0.15) is 59.9 Å². The minimum atomic E-state index is 0.309. The van der Waals surface area contributed by atoms with Crippen molar-refractivity contribution in [2.75, 3.05) is 0 Å². The van der Waals surface area contributed by atoms with Crippen LogP contribution < -0.4 is 0 Å². The van der Waals surface area contributed by atoms with Gasteiger partial charge in [0.1, 0.15) is 0 Å². The molecule has 6 aromatic carbocycles. The van der Waals surface area contributed by atoms with E-state index in [-0.39, 0.29) is 0 Å². The van der Waals surface area contributed by atoms with Crippen molar-refractivity contribution in [2.24, 2.45) is 17.8 Å². The smallest absolute Gasteiger partial charge is 0.0206 e. The van der Waals surface area contributed by atoms with Crippen molar-refractivity contribution in [2.45, 2.75) is 32.1 Å². The zero-order valence-corrected chi connectivity index (χ0v) is 32.5. The molecule has 7 aliphatic rings. The maximum Gasteiger partial charge on any atom is 0.0206 e. The SMILES string of the molecule is C1=CC2C3=C(C=C4c5c(c(-c6ccccc6)c6cc7c8c(cccc8c6c5-c5ccccc5)C5=C7CC(C6=CCCC=C6)C(c6ccccc6)=C5)C(=C1)C42)CCC=C3. The highest BCUT2D eigenvalue weighted by molar-refractivity contribution is 6.30. The van der Waals surface area contributed by atoms with E-state index in [9.17, 15) is 0 Å². The van der Waals surface area contributed by atoms with Gasteiger partial charge in [-0.3, -0.25) is 0 Å². The first-order chi connectivity index (χ1) is 28.8. The second-order valence-corrected chi connectivity index (χ2v) is 17.1. The van der Waals surface area contributed by atoms with Gasteiger partial charge >= 0.3 is 0 Å². The van der Waals surface area contributed by atoms with E-state index in [1.807, 2.05) is 0 Å². The van der Waals surface area contributed by atoms with Gasteiger partial charge in [0.05, 0.1) is 0 Å². The van der Waals surface area contributed by atoms with Crippen LogP contribution in [0.25, 0.3) is 71.7 Å². The van der Waals surface area contributed by atoms with Crippen LogP contribution in [0.3, 0.4) is 0 Å². The first-order valence-electron chi connectivity index (χ1n) is 21.4. The second-order valence-electron chi connectivity index (χ2n) is 17.1. The fourth-order valence-corrected chi connectivity index (χ4v) is 11.9. The largest absolute Gasteiger partial charge is 0.0839 e. The zero-order chi connectivity index (χ0) is 37.9. The Labute approximate surface area is 340 Å². The first-order valence-corrected chi connectivity index (χ1v) is 21.4. The lowest BCUT2D eigenvalue weighted by Crippen LogP contribution is -2.21. The average Bonchev–Trinajstić information content (AvgIpc) is 3.79. The molecule has 3 atom stereocenters. The molecule has 3 unspecified atom stereocenters. The number of rotatable bonds is 4. The minimum absolute atomic E-state index is 0.309. The fraction of sp³-hybridized carbons (Fsp3) is 0.138. The normalized spacial score (nSPS) is 22.0. The van der Waals surface area contributed by atoms with Gasteiger partial charge in [-0.1, -0.05) is 164 Å². The Hall–Kier alpha value is -6.50. The molecule has 0 aliphatic heterocycles. The number of fused-ring (bicyclic) bond motifs is 8. The molecule has 7 aliphatic carbocycles. The quantitative estimate of drug-likeness (QED) is 0.158. The lowest BCUT2D eigenvalue weighted by molar-refractivity contribution is 0.660. The van der Waals surface area contributed by atoms with Gasteiger partial charge in [-0.25, -0.2) is 0 Å². The predicted octanol–water partition coefficient (Wildman–Crippen LogP) is 15.2. The Bertz CT molecular complexity index is 3090. The van der Waals surface area contributed by atoms with Crippen LogP contribution in [0.15, 0.2) is 193 Å². The molecule has 6 aromatic rings. The fourth-order valence-electron chi connectivity index (χ4n) is 11.9. The molecule has 0 saturated carbocycles. The molecule has 0 bridgehead atoms. The lowest BCUT2D eigenvalue weighted by atomic mass is 9.69. The Morgan fingerprint density at radius 1 is 0.534 bits per heavy atom. The Balaban J connectivity index is 1.17. The molecular weight excluding hydrogens is 697 g/mol. The highest BCUT2D eigenvalue weighted by Crippen LogP contribution is 2.64.